The Labute approximate surface area is 180 Å². The number of ether oxygens (including phenoxy) is 1. The number of hydrogen-bond acceptors (Lipinski definition) is 8. The van der Waals surface area contributed by atoms with Crippen LogP contribution in [-0.2, 0) is 19.1 Å². The summed E-state index contributed by atoms with van der Waals surface area (Å²) >= 11 is 0. The number of aliphatic hydroxyl groups is 1. The maximum Gasteiger partial charge on any atom is 0.309 e. The van der Waals surface area contributed by atoms with Crippen LogP contribution in [0.2, 0.25) is 0 Å². The van der Waals surface area contributed by atoms with Gasteiger partial charge in [-0.1, -0.05) is 0 Å². The molecule has 2 amide bonds. The van der Waals surface area contributed by atoms with E-state index in [1.807, 2.05) is 0 Å². The zero-order valence-electron chi connectivity index (χ0n) is 18.0. The number of aromatic nitrogens is 1. The number of rotatable bonds is 5. The first-order valence-electron chi connectivity index (χ1n) is 10.4. The summed E-state index contributed by atoms with van der Waals surface area (Å²) in [5.41, 5.74) is -1.47. The van der Waals surface area contributed by atoms with E-state index < -0.39 is 34.9 Å². The topological polar surface area (TPSA) is 121 Å². The smallest absolute Gasteiger partial charge is 0.309 e. The Balaban J connectivity index is 1.57. The van der Waals surface area contributed by atoms with Gasteiger partial charge in [-0.25, -0.2) is 9.37 Å². The lowest BCUT2D eigenvalue weighted by atomic mass is 9.88. The molecule has 3 heterocycles. The number of nitrogens with one attached hydrogen (secondary N) is 2. The zero-order chi connectivity index (χ0) is 22.8. The molecular formula is C21H29FN4O5. The van der Waals surface area contributed by atoms with Gasteiger partial charge in [0.15, 0.2) is 11.6 Å². The molecule has 0 radical (unpaired) electrons. The molecular weight excluding hydrogens is 407 g/mol. The first-order valence-corrected chi connectivity index (χ1v) is 10.4. The van der Waals surface area contributed by atoms with Crippen molar-refractivity contribution in [3.8, 4) is 0 Å². The third kappa shape index (κ3) is 6.13. The zero-order valence-corrected chi connectivity index (χ0v) is 18.0. The second kappa shape index (κ2) is 8.78. The summed E-state index contributed by atoms with van der Waals surface area (Å²) in [6.07, 6.45) is 2.44. The maximum atomic E-state index is 14.7. The van der Waals surface area contributed by atoms with Crippen molar-refractivity contribution < 1.29 is 28.6 Å². The van der Waals surface area contributed by atoms with Crippen LogP contribution in [0.25, 0.3) is 0 Å². The fraction of sp³-hybridized carbons (Fsp3) is 0.619. The van der Waals surface area contributed by atoms with Gasteiger partial charge in [0.25, 0.3) is 0 Å². The quantitative estimate of drug-likeness (QED) is 0.469. The van der Waals surface area contributed by atoms with E-state index in [1.54, 1.807) is 25.7 Å². The molecule has 0 aliphatic carbocycles. The predicted molar refractivity (Wildman–Crippen MR) is 111 cm³/mol. The summed E-state index contributed by atoms with van der Waals surface area (Å²) in [6.45, 7) is 5.98. The van der Waals surface area contributed by atoms with Crippen molar-refractivity contribution in [3.05, 3.63) is 18.1 Å². The van der Waals surface area contributed by atoms with Crippen molar-refractivity contribution in [3.63, 3.8) is 0 Å². The first kappa shape index (κ1) is 22.9. The molecule has 2 saturated heterocycles. The monoisotopic (exact) mass is 436 g/mol. The molecule has 0 bridgehead atoms. The summed E-state index contributed by atoms with van der Waals surface area (Å²) in [5.74, 6) is -1.64. The third-order valence-electron chi connectivity index (χ3n) is 5.29. The van der Waals surface area contributed by atoms with Crippen LogP contribution in [-0.4, -0.2) is 58.2 Å². The molecule has 0 aromatic carbocycles. The average molecular weight is 436 g/mol. The first-order chi connectivity index (χ1) is 14.4. The number of pyridine rings is 1. The number of carbonyl (C=O) groups excluding carboxylic acids is 3. The molecule has 2 aliphatic rings. The highest BCUT2D eigenvalue weighted by molar-refractivity contribution is 6.01. The van der Waals surface area contributed by atoms with E-state index in [1.165, 1.54) is 12.3 Å². The fourth-order valence-corrected chi connectivity index (χ4v) is 3.73. The highest BCUT2D eigenvalue weighted by Crippen LogP contribution is 2.31. The predicted octanol–water partition coefficient (Wildman–Crippen LogP) is 1.50. The second-order valence-electron chi connectivity index (χ2n) is 9.15. The number of halogens is 1. The van der Waals surface area contributed by atoms with Crippen molar-refractivity contribution in [2.45, 2.75) is 70.1 Å². The number of esters is 1. The molecule has 10 heteroatoms. The molecule has 170 valence electrons. The minimum Gasteiger partial charge on any atom is -0.460 e. The second-order valence-corrected chi connectivity index (χ2v) is 9.15. The lowest BCUT2D eigenvalue weighted by Gasteiger charge is -2.38. The van der Waals surface area contributed by atoms with Gasteiger partial charge in [0.2, 0.25) is 11.8 Å². The minimum atomic E-state index is -1.19. The molecule has 0 spiro atoms. The van der Waals surface area contributed by atoms with Crippen molar-refractivity contribution in [2.24, 2.45) is 0 Å². The summed E-state index contributed by atoms with van der Waals surface area (Å²) < 4.78 is 20.0. The number of piperidine rings is 2. The molecule has 3 rings (SSSR count). The largest absolute Gasteiger partial charge is 0.460 e. The molecule has 0 saturated carbocycles. The summed E-state index contributed by atoms with van der Waals surface area (Å²) in [6, 6.07) is 0.635. The molecule has 1 atom stereocenters. The van der Waals surface area contributed by atoms with Gasteiger partial charge >= 0.3 is 5.97 Å². The van der Waals surface area contributed by atoms with E-state index in [-0.39, 0.29) is 37.4 Å². The van der Waals surface area contributed by atoms with Crippen LogP contribution in [0.5, 0.6) is 0 Å². The number of nitrogens with zero attached hydrogens (tertiary/aromatic N) is 2. The molecule has 0 unspecified atom stereocenters. The van der Waals surface area contributed by atoms with Crippen molar-refractivity contribution in [2.75, 3.05) is 23.3 Å². The van der Waals surface area contributed by atoms with Crippen LogP contribution in [0.4, 0.5) is 15.9 Å². The Morgan fingerprint density at radius 2 is 2.06 bits per heavy atom. The van der Waals surface area contributed by atoms with Crippen LogP contribution in [0, 0.1) is 5.82 Å². The Morgan fingerprint density at radius 1 is 1.39 bits per heavy atom. The van der Waals surface area contributed by atoms with Gasteiger partial charge in [0.05, 0.1) is 23.9 Å². The molecule has 9 nitrogen and oxygen atoms in total. The molecule has 3 N–H and O–H groups in total. The van der Waals surface area contributed by atoms with Crippen LogP contribution in [0.15, 0.2) is 12.3 Å². The highest BCUT2D eigenvalue weighted by Gasteiger charge is 2.37. The van der Waals surface area contributed by atoms with E-state index in [2.05, 4.69) is 15.6 Å². The maximum absolute atomic E-state index is 14.7. The Morgan fingerprint density at radius 3 is 2.65 bits per heavy atom. The summed E-state index contributed by atoms with van der Waals surface area (Å²) in [5, 5.41) is 15.9. The molecule has 31 heavy (non-hydrogen) atoms. The summed E-state index contributed by atoms with van der Waals surface area (Å²) in [7, 11) is 0. The van der Waals surface area contributed by atoms with Gasteiger partial charge < -0.3 is 20.1 Å². The number of anilines is 2. The van der Waals surface area contributed by atoms with E-state index in [9.17, 15) is 23.9 Å². The van der Waals surface area contributed by atoms with E-state index in [0.717, 1.165) is 0 Å². The van der Waals surface area contributed by atoms with Crippen LogP contribution in [0.3, 0.4) is 0 Å². The molecule has 2 fully saturated rings. The van der Waals surface area contributed by atoms with Crippen LogP contribution in [0.1, 0.15) is 52.9 Å². The van der Waals surface area contributed by atoms with Crippen LogP contribution >= 0.6 is 0 Å². The number of hydrogen-bond donors (Lipinski definition) is 3. The van der Waals surface area contributed by atoms with Gasteiger partial charge in [-0.05, 0) is 40.0 Å². The lowest BCUT2D eigenvalue weighted by molar-refractivity contribution is -0.161. The number of imide groups is 1. The standard InChI is InChI=1S/C21H29FN4O5/c1-20(2,3)31-17(28)11-21(30)6-8-26(9-7-21)18-14(22)10-13(12-23-18)24-15-4-5-16(27)25-19(15)29/h10,12,15,24,30H,4-9,11H2,1-3H3,(H,25,27,29)/t15-/m0/s1. The SMILES string of the molecule is CC(C)(C)OC(=O)CC1(O)CCN(c2ncc(N[C@H]3CCC(=O)NC3=O)cc2F)CC1. The fourth-order valence-electron chi connectivity index (χ4n) is 3.73. The van der Waals surface area contributed by atoms with Gasteiger partial charge in [-0.3, -0.25) is 19.7 Å². The number of carbonyl (C=O) groups is 3. The van der Waals surface area contributed by atoms with Gasteiger partial charge in [0.1, 0.15) is 11.6 Å². The van der Waals surface area contributed by atoms with Gasteiger partial charge in [0, 0.05) is 25.6 Å². The Hall–Kier alpha value is -2.75. The number of amides is 2. The van der Waals surface area contributed by atoms with Gasteiger partial charge in [-0.15, -0.1) is 0 Å². The Kier molecular flexibility index (Phi) is 6.49. The normalized spacial score (nSPS) is 21.5. The molecule has 1 aromatic rings. The molecule has 1 aromatic heterocycles. The summed E-state index contributed by atoms with van der Waals surface area (Å²) in [4.78, 5) is 41.0. The van der Waals surface area contributed by atoms with Gasteiger partial charge in [-0.2, -0.15) is 0 Å². The third-order valence-corrected chi connectivity index (χ3v) is 5.29. The average Bonchev–Trinajstić information content (AvgIpc) is 2.63. The van der Waals surface area contributed by atoms with Crippen molar-refractivity contribution in [1.29, 1.82) is 0 Å². The van der Waals surface area contributed by atoms with Crippen molar-refractivity contribution >= 4 is 29.3 Å². The van der Waals surface area contributed by atoms with Crippen LogP contribution < -0.4 is 15.5 Å². The highest BCUT2D eigenvalue weighted by atomic mass is 19.1. The van der Waals surface area contributed by atoms with E-state index in [4.69, 9.17) is 4.74 Å². The Bertz CT molecular complexity index is 862. The van der Waals surface area contributed by atoms with E-state index in [0.29, 0.717) is 25.2 Å². The van der Waals surface area contributed by atoms with E-state index >= 15 is 0 Å². The minimum absolute atomic E-state index is 0.108. The lowest BCUT2D eigenvalue weighted by Crippen LogP contribution is -2.47. The molecule has 2 aliphatic heterocycles. The van der Waals surface area contributed by atoms with Crippen molar-refractivity contribution in [1.82, 2.24) is 10.3 Å².